The third-order valence-electron chi connectivity index (χ3n) is 6.20. The number of rotatable bonds is 3. The number of fused-ring (bicyclic) bond motifs is 1. The second kappa shape index (κ2) is 7.54. The Morgan fingerprint density at radius 3 is 2.52 bits per heavy atom. The number of imidazole rings is 1. The maximum Gasteiger partial charge on any atom is 0.410 e. The zero-order chi connectivity index (χ0) is 22.5. The lowest BCUT2D eigenvalue weighted by atomic mass is 9.91. The molecule has 2 fully saturated rings. The first-order valence-corrected chi connectivity index (χ1v) is 10.4. The molecule has 11 nitrogen and oxygen atoms in total. The number of carbonyl (C=O) groups is 2. The van der Waals surface area contributed by atoms with E-state index in [2.05, 4.69) is 18.8 Å². The van der Waals surface area contributed by atoms with Gasteiger partial charge in [-0.15, -0.1) is 0 Å². The summed E-state index contributed by atoms with van der Waals surface area (Å²) in [6.07, 6.45) is 2.49. The average molecular weight is 432 g/mol. The zero-order valence-electron chi connectivity index (χ0n) is 18.3. The smallest absolute Gasteiger partial charge is 0.410 e. The van der Waals surface area contributed by atoms with Crippen molar-refractivity contribution >= 4 is 23.2 Å². The fourth-order valence-corrected chi connectivity index (χ4v) is 4.38. The van der Waals surface area contributed by atoms with Crippen molar-refractivity contribution < 1.29 is 14.3 Å². The molecular weight excluding hydrogens is 404 g/mol. The number of carbonyl (C=O) groups excluding carboxylic acids is 2. The van der Waals surface area contributed by atoms with Crippen molar-refractivity contribution in [3.63, 3.8) is 0 Å². The topological polar surface area (TPSA) is 112 Å². The van der Waals surface area contributed by atoms with Gasteiger partial charge in [-0.1, -0.05) is 13.8 Å². The Labute approximate surface area is 178 Å². The number of aromatic nitrogens is 4. The quantitative estimate of drug-likeness (QED) is 0.670. The number of cyclic esters (lactones) is 1. The Bertz CT molecular complexity index is 1150. The third-order valence-corrected chi connectivity index (χ3v) is 6.20. The van der Waals surface area contributed by atoms with Crippen molar-refractivity contribution in [3.8, 4) is 0 Å². The molecule has 0 saturated carbocycles. The number of likely N-dealkylation sites (tertiary alicyclic amines) is 1. The van der Waals surface area contributed by atoms with Crippen LogP contribution in [0.5, 0.6) is 0 Å². The molecule has 2 aromatic rings. The van der Waals surface area contributed by atoms with Crippen molar-refractivity contribution in [1.82, 2.24) is 28.5 Å². The minimum atomic E-state index is -0.478. The van der Waals surface area contributed by atoms with E-state index < -0.39 is 11.2 Å². The van der Waals surface area contributed by atoms with Crippen molar-refractivity contribution in [1.29, 1.82) is 0 Å². The summed E-state index contributed by atoms with van der Waals surface area (Å²) in [6.45, 7) is 6.22. The van der Waals surface area contributed by atoms with Gasteiger partial charge in [-0.3, -0.25) is 18.7 Å². The molecule has 0 atom stereocenters. The van der Waals surface area contributed by atoms with Crippen LogP contribution in [-0.2, 0) is 30.2 Å². The van der Waals surface area contributed by atoms with Crippen molar-refractivity contribution in [2.24, 2.45) is 19.5 Å². The van der Waals surface area contributed by atoms with Gasteiger partial charge in [0.1, 0.15) is 6.54 Å². The molecule has 2 aliphatic rings. The molecule has 4 rings (SSSR count). The lowest BCUT2D eigenvalue weighted by molar-refractivity contribution is -0.133. The zero-order valence-corrected chi connectivity index (χ0v) is 18.3. The van der Waals surface area contributed by atoms with Crippen LogP contribution < -0.4 is 11.2 Å². The van der Waals surface area contributed by atoms with E-state index in [9.17, 15) is 19.2 Å². The molecule has 0 aliphatic carbocycles. The normalized spacial score (nSPS) is 19.7. The standard InChI is InChI=1S/C20H28N6O5/c1-20(2)10-26(19(30)31-11-20)13-5-7-24(8-6-13)14(27)9-25-12-21-16-15(25)17(28)23(4)18(29)22(16)3/h12-13H,5-11H2,1-4H3. The summed E-state index contributed by atoms with van der Waals surface area (Å²) in [5.41, 5.74) is -0.545. The van der Waals surface area contributed by atoms with E-state index in [0.717, 1.165) is 4.57 Å². The first-order chi connectivity index (χ1) is 14.6. The minimum absolute atomic E-state index is 0.0343. The van der Waals surface area contributed by atoms with Crippen LogP contribution in [0.3, 0.4) is 0 Å². The first kappa shape index (κ1) is 21.1. The second-order valence-corrected chi connectivity index (χ2v) is 9.21. The van der Waals surface area contributed by atoms with Crippen LogP contribution in [0, 0.1) is 5.41 Å². The SMILES string of the molecule is Cn1c(=O)c2c(ncn2CC(=O)N2CCC(N3CC(C)(C)COC3=O)CC2)n(C)c1=O. The van der Waals surface area contributed by atoms with E-state index in [1.165, 1.54) is 22.5 Å². The molecule has 0 N–H and O–H groups in total. The predicted molar refractivity (Wildman–Crippen MR) is 112 cm³/mol. The van der Waals surface area contributed by atoms with E-state index >= 15 is 0 Å². The van der Waals surface area contributed by atoms with Gasteiger partial charge in [-0.2, -0.15) is 0 Å². The molecule has 4 heterocycles. The molecule has 168 valence electrons. The van der Waals surface area contributed by atoms with Crippen LogP contribution in [-0.4, -0.2) is 72.8 Å². The Hall–Kier alpha value is -3.11. The summed E-state index contributed by atoms with van der Waals surface area (Å²) in [6, 6.07) is 0.0482. The lowest BCUT2D eigenvalue weighted by Crippen LogP contribution is -2.55. The highest BCUT2D eigenvalue weighted by Crippen LogP contribution is 2.28. The second-order valence-electron chi connectivity index (χ2n) is 9.21. The number of hydrogen-bond acceptors (Lipinski definition) is 6. The number of piperidine rings is 1. The van der Waals surface area contributed by atoms with Gasteiger partial charge in [0, 0.05) is 45.2 Å². The average Bonchev–Trinajstić information content (AvgIpc) is 3.16. The summed E-state index contributed by atoms with van der Waals surface area (Å²) in [7, 11) is 2.95. The predicted octanol–water partition coefficient (Wildman–Crippen LogP) is -0.0969. The van der Waals surface area contributed by atoms with Crippen LogP contribution in [0.4, 0.5) is 4.79 Å². The summed E-state index contributed by atoms with van der Waals surface area (Å²) in [5, 5.41) is 0. The van der Waals surface area contributed by atoms with E-state index in [-0.39, 0.29) is 41.2 Å². The van der Waals surface area contributed by atoms with Gasteiger partial charge in [0.05, 0.1) is 12.9 Å². The van der Waals surface area contributed by atoms with Gasteiger partial charge < -0.3 is 19.1 Å². The van der Waals surface area contributed by atoms with Gasteiger partial charge >= 0.3 is 11.8 Å². The molecular formula is C20H28N6O5. The Kier molecular flexibility index (Phi) is 5.14. The molecule has 0 bridgehead atoms. The summed E-state index contributed by atoms with van der Waals surface area (Å²) in [5.74, 6) is -0.129. The van der Waals surface area contributed by atoms with E-state index in [4.69, 9.17) is 4.74 Å². The fraction of sp³-hybridized carbons (Fsp3) is 0.650. The lowest BCUT2D eigenvalue weighted by Gasteiger charge is -2.44. The van der Waals surface area contributed by atoms with Gasteiger partial charge in [0.2, 0.25) is 5.91 Å². The maximum atomic E-state index is 12.9. The largest absolute Gasteiger partial charge is 0.449 e. The fourth-order valence-electron chi connectivity index (χ4n) is 4.38. The highest BCUT2D eigenvalue weighted by Gasteiger charge is 2.38. The molecule has 0 aromatic carbocycles. The van der Waals surface area contributed by atoms with Gasteiger partial charge in [0.15, 0.2) is 11.2 Å². The maximum absolute atomic E-state index is 12.9. The monoisotopic (exact) mass is 432 g/mol. The molecule has 11 heteroatoms. The van der Waals surface area contributed by atoms with E-state index in [1.807, 2.05) is 0 Å². The Morgan fingerprint density at radius 2 is 1.84 bits per heavy atom. The van der Waals surface area contributed by atoms with Crippen LogP contribution in [0.15, 0.2) is 15.9 Å². The molecule has 2 saturated heterocycles. The summed E-state index contributed by atoms with van der Waals surface area (Å²) < 4.78 is 9.12. The van der Waals surface area contributed by atoms with E-state index in [0.29, 0.717) is 39.1 Å². The minimum Gasteiger partial charge on any atom is -0.449 e. The van der Waals surface area contributed by atoms with Gasteiger partial charge in [-0.25, -0.2) is 14.6 Å². The molecule has 0 unspecified atom stereocenters. The van der Waals surface area contributed by atoms with Crippen LogP contribution >= 0.6 is 0 Å². The van der Waals surface area contributed by atoms with Gasteiger partial charge in [-0.05, 0) is 12.8 Å². The number of amides is 2. The van der Waals surface area contributed by atoms with Crippen molar-refractivity contribution in [3.05, 3.63) is 27.2 Å². The first-order valence-electron chi connectivity index (χ1n) is 10.4. The van der Waals surface area contributed by atoms with E-state index in [1.54, 1.807) is 16.8 Å². The number of hydrogen-bond donors (Lipinski definition) is 0. The molecule has 2 aliphatic heterocycles. The summed E-state index contributed by atoms with van der Waals surface area (Å²) in [4.78, 5) is 57.4. The molecule has 0 spiro atoms. The highest BCUT2D eigenvalue weighted by atomic mass is 16.6. The van der Waals surface area contributed by atoms with Crippen LogP contribution in [0.2, 0.25) is 0 Å². The van der Waals surface area contributed by atoms with Crippen LogP contribution in [0.1, 0.15) is 26.7 Å². The van der Waals surface area contributed by atoms with Gasteiger partial charge in [0.25, 0.3) is 5.56 Å². The number of aryl methyl sites for hydroxylation is 1. The number of ether oxygens (including phenoxy) is 1. The van der Waals surface area contributed by atoms with Crippen LogP contribution in [0.25, 0.3) is 11.2 Å². The molecule has 31 heavy (non-hydrogen) atoms. The Morgan fingerprint density at radius 1 is 1.16 bits per heavy atom. The molecule has 2 amide bonds. The molecule has 0 radical (unpaired) electrons. The van der Waals surface area contributed by atoms with Crippen molar-refractivity contribution in [2.75, 3.05) is 26.2 Å². The third kappa shape index (κ3) is 3.72. The summed E-state index contributed by atoms with van der Waals surface area (Å²) >= 11 is 0. The highest BCUT2D eigenvalue weighted by molar-refractivity contribution is 5.79. The van der Waals surface area contributed by atoms with Crippen molar-refractivity contribution in [2.45, 2.75) is 39.3 Å². The molecule has 2 aromatic heterocycles. The Balaban J connectivity index is 1.45. The number of nitrogens with zero attached hydrogens (tertiary/aromatic N) is 6.